The molecule has 6 nitrogen and oxygen atoms in total. The quantitative estimate of drug-likeness (QED) is 0.285. The van der Waals surface area contributed by atoms with E-state index in [0.717, 1.165) is 25.0 Å². The van der Waals surface area contributed by atoms with E-state index in [9.17, 15) is 9.59 Å². The van der Waals surface area contributed by atoms with E-state index in [4.69, 9.17) is 14.9 Å². The molecular weight excluding hydrogens is 334 g/mol. The van der Waals surface area contributed by atoms with Gasteiger partial charge in [-0.1, -0.05) is 64.7 Å². The van der Waals surface area contributed by atoms with Crippen molar-refractivity contribution in [3.8, 4) is 0 Å². The number of aliphatic hydroxyl groups is 1. The Balaban J connectivity index is 3.94. The first-order valence-corrected chi connectivity index (χ1v) is 10.00. The molecule has 6 heteroatoms. The van der Waals surface area contributed by atoms with Crippen LogP contribution in [0.15, 0.2) is 12.2 Å². The molecule has 26 heavy (non-hydrogen) atoms. The van der Waals surface area contributed by atoms with Crippen LogP contribution >= 0.6 is 0 Å². The standard InChI is InChI=1S/C20H37NO5/c1-2-3-4-5-6-7-8-9-10-11-14-21(15-17-26-18-16-22)19(23)12-13-20(24)25/h12-13,22H,2-11,14-18H2,1H3,(H,24,25)/b13-12-. The molecular formula is C20H37NO5. The summed E-state index contributed by atoms with van der Waals surface area (Å²) in [5.41, 5.74) is 0. The minimum absolute atomic E-state index is 0.0503. The Hall–Kier alpha value is -1.40. The molecule has 0 aliphatic heterocycles. The topological polar surface area (TPSA) is 87.1 Å². The van der Waals surface area contributed by atoms with E-state index >= 15 is 0 Å². The van der Waals surface area contributed by atoms with Crippen LogP contribution in [0.25, 0.3) is 0 Å². The molecule has 0 heterocycles. The Labute approximate surface area is 158 Å². The lowest BCUT2D eigenvalue weighted by atomic mass is 10.1. The molecule has 1 amide bonds. The van der Waals surface area contributed by atoms with Gasteiger partial charge in [-0.2, -0.15) is 0 Å². The summed E-state index contributed by atoms with van der Waals surface area (Å²) in [6, 6.07) is 0. The Kier molecular flexibility index (Phi) is 17.4. The van der Waals surface area contributed by atoms with E-state index in [2.05, 4.69) is 6.92 Å². The lowest BCUT2D eigenvalue weighted by Gasteiger charge is -2.21. The summed E-state index contributed by atoms with van der Waals surface area (Å²) in [5.74, 6) is -1.44. The third-order valence-corrected chi connectivity index (χ3v) is 4.20. The maximum absolute atomic E-state index is 12.1. The van der Waals surface area contributed by atoms with Crippen LogP contribution in [0.2, 0.25) is 0 Å². The number of rotatable bonds is 18. The van der Waals surface area contributed by atoms with Crippen LogP contribution in [-0.4, -0.2) is 59.9 Å². The largest absolute Gasteiger partial charge is 0.478 e. The van der Waals surface area contributed by atoms with Crippen molar-refractivity contribution in [2.24, 2.45) is 0 Å². The molecule has 0 aromatic rings. The molecule has 0 saturated carbocycles. The molecule has 0 aliphatic carbocycles. The number of aliphatic hydroxyl groups excluding tert-OH is 1. The van der Waals surface area contributed by atoms with Crippen LogP contribution in [0.5, 0.6) is 0 Å². The number of carbonyl (C=O) groups is 2. The lowest BCUT2D eigenvalue weighted by Crippen LogP contribution is -2.34. The van der Waals surface area contributed by atoms with Gasteiger partial charge in [-0.05, 0) is 6.42 Å². The molecule has 152 valence electrons. The van der Waals surface area contributed by atoms with Crippen LogP contribution in [0.3, 0.4) is 0 Å². The van der Waals surface area contributed by atoms with Crippen LogP contribution < -0.4 is 0 Å². The normalized spacial score (nSPS) is 11.2. The first-order valence-electron chi connectivity index (χ1n) is 10.00. The van der Waals surface area contributed by atoms with Gasteiger partial charge in [-0.15, -0.1) is 0 Å². The zero-order valence-electron chi connectivity index (χ0n) is 16.3. The number of carboxylic acids is 1. The average Bonchev–Trinajstić information content (AvgIpc) is 2.62. The second-order valence-corrected chi connectivity index (χ2v) is 6.51. The zero-order chi connectivity index (χ0) is 19.5. The Morgan fingerprint density at radius 3 is 1.96 bits per heavy atom. The highest BCUT2D eigenvalue weighted by molar-refractivity contribution is 5.93. The molecule has 0 rings (SSSR count). The van der Waals surface area contributed by atoms with Gasteiger partial charge in [0.15, 0.2) is 0 Å². The number of ether oxygens (including phenoxy) is 1. The first-order chi connectivity index (χ1) is 12.6. The van der Waals surface area contributed by atoms with E-state index in [1.165, 1.54) is 51.4 Å². The van der Waals surface area contributed by atoms with E-state index in [-0.39, 0.29) is 19.1 Å². The second-order valence-electron chi connectivity index (χ2n) is 6.51. The van der Waals surface area contributed by atoms with Gasteiger partial charge in [0.1, 0.15) is 0 Å². The molecule has 0 aromatic heterocycles. The molecule has 0 fully saturated rings. The zero-order valence-corrected chi connectivity index (χ0v) is 16.3. The minimum atomic E-state index is -1.13. The summed E-state index contributed by atoms with van der Waals surface area (Å²) in [6.45, 7) is 3.76. The Bertz CT molecular complexity index is 384. The fraction of sp³-hybridized carbons (Fsp3) is 0.800. The van der Waals surface area contributed by atoms with Crippen molar-refractivity contribution in [2.75, 3.05) is 32.9 Å². The number of hydrogen-bond donors (Lipinski definition) is 2. The van der Waals surface area contributed by atoms with Gasteiger partial charge >= 0.3 is 5.97 Å². The summed E-state index contributed by atoms with van der Waals surface area (Å²) in [4.78, 5) is 24.2. The third kappa shape index (κ3) is 16.1. The van der Waals surface area contributed by atoms with Crippen molar-refractivity contribution < 1.29 is 24.5 Å². The number of carbonyl (C=O) groups excluding carboxylic acids is 1. The van der Waals surface area contributed by atoms with Crippen molar-refractivity contribution in [1.82, 2.24) is 4.90 Å². The molecule has 2 N–H and O–H groups in total. The average molecular weight is 372 g/mol. The van der Waals surface area contributed by atoms with Crippen molar-refractivity contribution in [3.05, 3.63) is 12.2 Å². The highest BCUT2D eigenvalue weighted by Crippen LogP contribution is 2.11. The Morgan fingerprint density at radius 2 is 1.42 bits per heavy atom. The molecule has 0 spiro atoms. The fourth-order valence-electron chi connectivity index (χ4n) is 2.71. The number of nitrogens with zero attached hydrogens (tertiary/aromatic N) is 1. The smallest absolute Gasteiger partial charge is 0.328 e. The van der Waals surface area contributed by atoms with Crippen LogP contribution in [-0.2, 0) is 14.3 Å². The fourth-order valence-corrected chi connectivity index (χ4v) is 2.71. The van der Waals surface area contributed by atoms with Gasteiger partial charge in [0, 0.05) is 25.2 Å². The lowest BCUT2D eigenvalue weighted by molar-refractivity contribution is -0.132. The van der Waals surface area contributed by atoms with Crippen LogP contribution in [0.1, 0.15) is 71.1 Å². The van der Waals surface area contributed by atoms with E-state index in [1.54, 1.807) is 4.90 Å². The first kappa shape index (κ1) is 24.6. The highest BCUT2D eigenvalue weighted by atomic mass is 16.5. The van der Waals surface area contributed by atoms with Gasteiger partial charge in [0.25, 0.3) is 0 Å². The van der Waals surface area contributed by atoms with E-state index in [0.29, 0.717) is 19.7 Å². The summed E-state index contributed by atoms with van der Waals surface area (Å²) in [7, 11) is 0. The maximum atomic E-state index is 12.1. The van der Waals surface area contributed by atoms with Gasteiger partial charge in [0.2, 0.25) is 5.91 Å². The van der Waals surface area contributed by atoms with E-state index < -0.39 is 5.97 Å². The molecule has 0 aliphatic rings. The molecule has 0 unspecified atom stereocenters. The molecule has 0 saturated heterocycles. The van der Waals surface area contributed by atoms with Gasteiger partial charge in [0.05, 0.1) is 19.8 Å². The summed E-state index contributed by atoms with van der Waals surface area (Å²) in [6.07, 6.45) is 14.2. The molecule has 0 atom stereocenters. The third-order valence-electron chi connectivity index (χ3n) is 4.20. The van der Waals surface area contributed by atoms with Gasteiger partial charge in [-0.3, -0.25) is 4.79 Å². The summed E-state index contributed by atoms with van der Waals surface area (Å²) >= 11 is 0. The number of hydrogen-bond acceptors (Lipinski definition) is 4. The maximum Gasteiger partial charge on any atom is 0.328 e. The predicted octanol–water partition coefficient (Wildman–Crippen LogP) is 3.39. The highest BCUT2D eigenvalue weighted by Gasteiger charge is 2.10. The summed E-state index contributed by atoms with van der Waals surface area (Å²) in [5, 5.41) is 17.4. The predicted molar refractivity (Wildman–Crippen MR) is 103 cm³/mol. The molecule has 0 aromatic carbocycles. The number of carboxylic acid groups (broad SMARTS) is 1. The van der Waals surface area contributed by atoms with Crippen LogP contribution in [0, 0.1) is 0 Å². The number of unbranched alkanes of at least 4 members (excludes halogenated alkanes) is 9. The monoisotopic (exact) mass is 371 g/mol. The SMILES string of the molecule is CCCCCCCCCCCCN(CCOCCO)C(=O)/C=C\C(=O)O. The summed E-state index contributed by atoms with van der Waals surface area (Å²) < 4.78 is 5.20. The van der Waals surface area contributed by atoms with Gasteiger partial charge < -0.3 is 19.8 Å². The number of amides is 1. The molecule has 0 radical (unpaired) electrons. The molecule has 0 bridgehead atoms. The number of aliphatic carboxylic acids is 1. The minimum Gasteiger partial charge on any atom is -0.478 e. The van der Waals surface area contributed by atoms with Crippen molar-refractivity contribution in [1.29, 1.82) is 0 Å². The van der Waals surface area contributed by atoms with Crippen molar-refractivity contribution in [3.63, 3.8) is 0 Å². The Morgan fingerprint density at radius 1 is 0.846 bits per heavy atom. The van der Waals surface area contributed by atoms with Crippen LogP contribution in [0.4, 0.5) is 0 Å². The van der Waals surface area contributed by atoms with E-state index in [1.807, 2.05) is 0 Å². The van der Waals surface area contributed by atoms with Crippen molar-refractivity contribution in [2.45, 2.75) is 71.1 Å². The second kappa shape index (κ2) is 18.4. The van der Waals surface area contributed by atoms with Gasteiger partial charge in [-0.25, -0.2) is 4.79 Å². The van der Waals surface area contributed by atoms with Crippen molar-refractivity contribution >= 4 is 11.9 Å².